The molecule has 0 fully saturated rings. The average molecular weight is 277 g/mol. The molecule has 1 aromatic heterocycles. The Balaban J connectivity index is 2.31. The lowest BCUT2D eigenvalue weighted by atomic mass is 10.2. The van der Waals surface area contributed by atoms with Crippen LogP contribution in [0.3, 0.4) is 0 Å². The highest BCUT2D eigenvalue weighted by atomic mass is 35.5. The van der Waals surface area contributed by atoms with Crippen LogP contribution in [-0.4, -0.2) is 14.7 Å². The topological polar surface area (TPSA) is 38.0 Å². The van der Waals surface area contributed by atoms with E-state index in [1.165, 1.54) is 12.1 Å². The minimum atomic E-state index is -0.382. The van der Waals surface area contributed by atoms with Gasteiger partial charge in [0.2, 0.25) is 0 Å². The smallest absolute Gasteiger partial charge is 0.151 e. The number of aromatic nitrogens is 2. The van der Waals surface area contributed by atoms with E-state index in [-0.39, 0.29) is 17.1 Å². The van der Waals surface area contributed by atoms with Gasteiger partial charge in [0.15, 0.2) is 5.82 Å². The van der Waals surface area contributed by atoms with Crippen LogP contribution in [0.1, 0.15) is 0 Å². The van der Waals surface area contributed by atoms with Crippen molar-refractivity contribution in [1.29, 1.82) is 0 Å². The summed E-state index contributed by atoms with van der Waals surface area (Å²) in [6.45, 7) is 0. The van der Waals surface area contributed by atoms with Gasteiger partial charge in [-0.25, -0.2) is 9.37 Å². The lowest BCUT2D eigenvalue weighted by Gasteiger charge is -2.05. The van der Waals surface area contributed by atoms with E-state index in [9.17, 15) is 9.50 Å². The Morgan fingerprint density at radius 2 is 2.05 bits per heavy atom. The number of aromatic hydroxyl groups is 1. The van der Waals surface area contributed by atoms with Crippen molar-refractivity contribution in [3.05, 3.63) is 47.2 Å². The molecule has 19 heavy (non-hydrogen) atoms. The highest BCUT2D eigenvalue weighted by Gasteiger charge is 2.15. The maximum absolute atomic E-state index is 13.7. The molecule has 0 amide bonds. The van der Waals surface area contributed by atoms with Crippen molar-refractivity contribution >= 4 is 22.6 Å². The number of aryl methyl sites for hydroxylation is 1. The zero-order valence-corrected chi connectivity index (χ0v) is 10.8. The van der Waals surface area contributed by atoms with Gasteiger partial charge in [-0.1, -0.05) is 17.7 Å². The molecule has 0 aliphatic rings. The summed E-state index contributed by atoms with van der Waals surface area (Å²) in [6, 6.07) is 9.53. The monoisotopic (exact) mass is 276 g/mol. The van der Waals surface area contributed by atoms with Crippen molar-refractivity contribution in [3.8, 4) is 17.1 Å². The molecular formula is C14H10ClFN2O. The highest BCUT2D eigenvalue weighted by molar-refractivity contribution is 6.30. The van der Waals surface area contributed by atoms with E-state index in [4.69, 9.17) is 11.6 Å². The maximum Gasteiger partial charge on any atom is 0.151 e. The van der Waals surface area contributed by atoms with Crippen molar-refractivity contribution in [3.63, 3.8) is 0 Å². The molecule has 1 heterocycles. The summed E-state index contributed by atoms with van der Waals surface area (Å²) in [4.78, 5) is 4.26. The normalized spacial score (nSPS) is 11.1. The first-order valence-corrected chi connectivity index (χ1v) is 6.05. The lowest BCUT2D eigenvalue weighted by molar-refractivity contribution is 0.476. The van der Waals surface area contributed by atoms with E-state index >= 15 is 0 Å². The second kappa shape index (κ2) is 4.24. The minimum Gasteiger partial charge on any atom is -0.507 e. The molecule has 0 saturated carbocycles. The predicted molar refractivity (Wildman–Crippen MR) is 72.8 cm³/mol. The van der Waals surface area contributed by atoms with E-state index in [0.717, 1.165) is 0 Å². The molecule has 3 aromatic rings. The molecule has 0 radical (unpaired) electrons. The summed E-state index contributed by atoms with van der Waals surface area (Å²) in [7, 11) is 1.78. The number of nitrogens with zero attached hydrogens (tertiary/aromatic N) is 2. The molecule has 0 aliphatic heterocycles. The summed E-state index contributed by atoms with van der Waals surface area (Å²) in [5.74, 6) is 0.133. The fraction of sp³-hybridized carbons (Fsp3) is 0.0714. The van der Waals surface area contributed by atoms with Gasteiger partial charge in [-0.2, -0.15) is 0 Å². The third-order valence-corrected chi connectivity index (χ3v) is 3.30. The van der Waals surface area contributed by atoms with Crippen LogP contribution in [0.15, 0.2) is 36.4 Å². The molecule has 0 spiro atoms. The number of hydrogen-bond donors (Lipinski definition) is 1. The van der Waals surface area contributed by atoms with Crippen LogP contribution in [0.4, 0.5) is 4.39 Å². The first-order chi connectivity index (χ1) is 9.08. The Hall–Kier alpha value is -2.07. The lowest BCUT2D eigenvalue weighted by Crippen LogP contribution is -1.92. The van der Waals surface area contributed by atoms with Crippen LogP contribution < -0.4 is 0 Å². The molecule has 0 unspecified atom stereocenters. The Morgan fingerprint density at radius 3 is 2.74 bits per heavy atom. The van der Waals surface area contributed by atoms with E-state index < -0.39 is 0 Å². The Kier molecular flexibility index (Phi) is 2.68. The van der Waals surface area contributed by atoms with Crippen LogP contribution >= 0.6 is 11.6 Å². The number of rotatable bonds is 1. The average Bonchev–Trinajstić information content (AvgIpc) is 2.69. The van der Waals surface area contributed by atoms with E-state index in [0.29, 0.717) is 21.9 Å². The third kappa shape index (κ3) is 1.85. The van der Waals surface area contributed by atoms with Crippen LogP contribution in [-0.2, 0) is 7.05 Å². The molecular weight excluding hydrogens is 267 g/mol. The van der Waals surface area contributed by atoms with Gasteiger partial charge in [0.25, 0.3) is 0 Å². The van der Waals surface area contributed by atoms with Crippen molar-refractivity contribution < 1.29 is 9.50 Å². The fourth-order valence-corrected chi connectivity index (χ4v) is 2.28. The Bertz CT molecular complexity index is 782. The van der Waals surface area contributed by atoms with Crippen LogP contribution in [0.5, 0.6) is 5.75 Å². The summed E-state index contributed by atoms with van der Waals surface area (Å²) in [5, 5.41) is 10.4. The van der Waals surface area contributed by atoms with Gasteiger partial charge < -0.3 is 9.67 Å². The first kappa shape index (κ1) is 12.0. The minimum absolute atomic E-state index is 0.0197. The molecule has 0 saturated heterocycles. The molecule has 2 aromatic carbocycles. The summed E-state index contributed by atoms with van der Waals surface area (Å²) in [6.07, 6.45) is 0. The highest BCUT2D eigenvalue weighted by Crippen LogP contribution is 2.32. The zero-order valence-electron chi connectivity index (χ0n) is 10.1. The third-order valence-electron chi connectivity index (χ3n) is 3.06. The molecule has 0 atom stereocenters. The van der Waals surface area contributed by atoms with Crippen molar-refractivity contribution in [2.24, 2.45) is 7.05 Å². The first-order valence-electron chi connectivity index (χ1n) is 5.68. The van der Waals surface area contributed by atoms with E-state index in [1.807, 2.05) is 0 Å². The van der Waals surface area contributed by atoms with E-state index in [2.05, 4.69) is 4.98 Å². The van der Waals surface area contributed by atoms with Crippen molar-refractivity contribution in [1.82, 2.24) is 9.55 Å². The summed E-state index contributed by atoms with van der Waals surface area (Å²) >= 11 is 5.80. The molecule has 0 aliphatic carbocycles. The van der Waals surface area contributed by atoms with Crippen LogP contribution in [0, 0.1) is 5.82 Å². The van der Waals surface area contributed by atoms with Gasteiger partial charge in [-0.3, -0.25) is 0 Å². The molecule has 5 heteroatoms. The number of fused-ring (bicyclic) bond motifs is 1. The number of halogens is 2. The second-order valence-corrected chi connectivity index (χ2v) is 4.70. The van der Waals surface area contributed by atoms with Gasteiger partial charge in [-0.05, 0) is 30.3 Å². The van der Waals surface area contributed by atoms with E-state index in [1.54, 1.807) is 35.9 Å². The number of hydrogen-bond acceptors (Lipinski definition) is 2. The number of phenols is 1. The largest absolute Gasteiger partial charge is 0.507 e. The Labute approximate surface area is 113 Å². The fourth-order valence-electron chi connectivity index (χ4n) is 2.12. The molecule has 3 rings (SSSR count). The van der Waals surface area contributed by atoms with Gasteiger partial charge in [-0.15, -0.1) is 0 Å². The maximum atomic E-state index is 13.7. The number of imidazole rings is 1. The van der Waals surface area contributed by atoms with Gasteiger partial charge in [0, 0.05) is 12.1 Å². The van der Waals surface area contributed by atoms with Gasteiger partial charge in [0.05, 0.1) is 11.1 Å². The molecule has 1 N–H and O–H groups in total. The zero-order chi connectivity index (χ0) is 13.6. The number of para-hydroxylation sites is 1. The summed E-state index contributed by atoms with van der Waals surface area (Å²) in [5.41, 5.74) is 1.47. The molecule has 3 nitrogen and oxygen atoms in total. The summed E-state index contributed by atoms with van der Waals surface area (Å²) < 4.78 is 15.4. The quantitative estimate of drug-likeness (QED) is 0.735. The number of benzene rings is 2. The predicted octanol–water partition coefficient (Wildman–Crippen LogP) is 3.74. The Morgan fingerprint density at radius 1 is 1.26 bits per heavy atom. The molecule has 0 bridgehead atoms. The van der Waals surface area contributed by atoms with Crippen molar-refractivity contribution in [2.45, 2.75) is 0 Å². The SMILES string of the molecule is Cn1c(-c2ccc(Cl)cc2O)nc2c(F)cccc21. The van der Waals surface area contributed by atoms with Crippen LogP contribution in [0.25, 0.3) is 22.4 Å². The molecule has 96 valence electrons. The van der Waals surface area contributed by atoms with Gasteiger partial charge >= 0.3 is 0 Å². The van der Waals surface area contributed by atoms with Gasteiger partial charge in [0.1, 0.15) is 17.1 Å². The standard InChI is InChI=1S/C14H10ClFN2O/c1-18-11-4-2-3-10(16)13(11)17-14(18)9-6-5-8(15)7-12(9)19/h2-7,19H,1H3. The second-order valence-electron chi connectivity index (χ2n) is 4.26. The van der Waals surface area contributed by atoms with Crippen LogP contribution in [0.2, 0.25) is 5.02 Å². The number of phenolic OH excluding ortho intramolecular Hbond substituents is 1. The van der Waals surface area contributed by atoms with Crippen molar-refractivity contribution in [2.75, 3.05) is 0 Å².